The van der Waals surface area contributed by atoms with Gasteiger partial charge in [-0.15, -0.1) is 0 Å². The minimum Gasteiger partial charge on any atom is -0.756 e. The molecule has 8 nitrogen and oxygen atoms in total. The first-order valence-corrected chi connectivity index (χ1v) is 24.7. The van der Waals surface area contributed by atoms with Crippen molar-refractivity contribution in [2.24, 2.45) is 0 Å². The molecule has 2 atom stereocenters. The molecule has 0 aliphatic carbocycles. The fourth-order valence-electron chi connectivity index (χ4n) is 6.28. The highest BCUT2D eigenvalue weighted by molar-refractivity contribution is 7.45. The Kier molecular flexibility index (Phi) is 39.6. The molecule has 0 fully saturated rings. The first-order valence-electron chi connectivity index (χ1n) is 23.2. The summed E-state index contributed by atoms with van der Waals surface area (Å²) in [5, 5.41) is 0. The zero-order chi connectivity index (χ0) is 41.3. The molecule has 0 radical (unpaired) electrons. The molecular weight excluding hydrogens is 721 g/mol. The average molecular weight is 812 g/mol. The van der Waals surface area contributed by atoms with E-state index in [2.05, 4.69) is 50.3 Å². The van der Waals surface area contributed by atoms with Crippen molar-refractivity contribution in [1.29, 1.82) is 0 Å². The molecule has 0 saturated heterocycles. The molecule has 2 unspecified atom stereocenters. The standard InChI is InChI=1S/C47H90NO7P/c1-6-8-10-12-14-16-18-20-21-22-23-24-25-26-27-28-29-31-33-35-37-39-42-52-44-46(45-54-56(50,51)53-43-41-48(3,4)5)55-47(49)40-38-36-34-32-30-19-17-15-13-11-9-7-2/h15,17-18,20,22-23,46H,6-14,16,19,21,24-45H2,1-5H3/b17-15-,20-18-,23-22-. The first kappa shape index (κ1) is 54.7. The van der Waals surface area contributed by atoms with E-state index in [1.807, 2.05) is 21.1 Å². The number of phosphoric acid groups is 1. The summed E-state index contributed by atoms with van der Waals surface area (Å²) in [5.41, 5.74) is 0. The quantitative estimate of drug-likeness (QED) is 0.0199. The Bertz CT molecular complexity index is 994. The number of hydrogen-bond donors (Lipinski definition) is 0. The smallest absolute Gasteiger partial charge is 0.306 e. The second-order valence-corrected chi connectivity index (χ2v) is 18.2. The maximum absolute atomic E-state index is 12.7. The third-order valence-electron chi connectivity index (χ3n) is 9.91. The zero-order valence-electron chi connectivity index (χ0n) is 37.3. The van der Waals surface area contributed by atoms with Gasteiger partial charge in [-0.25, -0.2) is 0 Å². The topological polar surface area (TPSA) is 94.1 Å². The lowest BCUT2D eigenvalue weighted by Gasteiger charge is -2.28. The molecule has 0 N–H and O–H groups in total. The zero-order valence-corrected chi connectivity index (χ0v) is 38.2. The van der Waals surface area contributed by atoms with Crippen LogP contribution in [0.3, 0.4) is 0 Å². The summed E-state index contributed by atoms with van der Waals surface area (Å²) in [7, 11) is 1.35. The molecule has 0 saturated carbocycles. The van der Waals surface area contributed by atoms with Gasteiger partial charge in [-0.3, -0.25) is 9.36 Å². The summed E-state index contributed by atoms with van der Waals surface area (Å²) in [4.78, 5) is 25.0. The fourth-order valence-corrected chi connectivity index (χ4v) is 7.01. The lowest BCUT2D eigenvalue weighted by Crippen LogP contribution is -2.37. The minimum absolute atomic E-state index is 0.0239. The van der Waals surface area contributed by atoms with Crippen LogP contribution in [0.15, 0.2) is 36.5 Å². The van der Waals surface area contributed by atoms with Crippen LogP contribution in [-0.2, 0) is 27.9 Å². The predicted molar refractivity (Wildman–Crippen MR) is 236 cm³/mol. The second-order valence-electron chi connectivity index (χ2n) is 16.8. The fraction of sp³-hybridized carbons (Fsp3) is 0.851. The highest BCUT2D eigenvalue weighted by Crippen LogP contribution is 2.38. The van der Waals surface area contributed by atoms with Gasteiger partial charge in [0.15, 0.2) is 0 Å². The van der Waals surface area contributed by atoms with Gasteiger partial charge in [-0.2, -0.15) is 0 Å². The van der Waals surface area contributed by atoms with Crippen molar-refractivity contribution in [2.45, 2.75) is 206 Å². The Balaban J connectivity index is 4.14. The van der Waals surface area contributed by atoms with E-state index in [1.54, 1.807) is 0 Å². The lowest BCUT2D eigenvalue weighted by molar-refractivity contribution is -0.870. The number of carbonyl (C=O) groups excluding carboxylic acids is 1. The number of allylic oxidation sites excluding steroid dienone is 6. The van der Waals surface area contributed by atoms with Crippen molar-refractivity contribution in [1.82, 2.24) is 0 Å². The van der Waals surface area contributed by atoms with Gasteiger partial charge >= 0.3 is 5.97 Å². The van der Waals surface area contributed by atoms with Crippen molar-refractivity contribution in [3.8, 4) is 0 Å². The number of likely N-dealkylation sites (N-methyl/N-ethyl adjacent to an activating group) is 1. The van der Waals surface area contributed by atoms with Gasteiger partial charge in [0, 0.05) is 13.0 Å². The third-order valence-corrected chi connectivity index (χ3v) is 10.9. The Morgan fingerprint density at radius 1 is 0.554 bits per heavy atom. The van der Waals surface area contributed by atoms with Crippen LogP contribution >= 0.6 is 7.82 Å². The number of ether oxygens (including phenoxy) is 2. The van der Waals surface area contributed by atoms with E-state index in [0.29, 0.717) is 24.1 Å². The molecule has 0 rings (SSSR count). The predicted octanol–water partition coefficient (Wildman–Crippen LogP) is 13.1. The Morgan fingerprint density at radius 2 is 0.982 bits per heavy atom. The van der Waals surface area contributed by atoms with Gasteiger partial charge in [-0.1, -0.05) is 159 Å². The van der Waals surface area contributed by atoms with Crippen LogP contribution in [0.1, 0.15) is 200 Å². The number of unbranched alkanes of at least 4 members (excludes halogenated alkanes) is 23. The summed E-state index contributed by atoms with van der Waals surface area (Å²) < 4.78 is 34.6. The molecule has 330 valence electrons. The van der Waals surface area contributed by atoms with Gasteiger partial charge in [0.1, 0.15) is 19.3 Å². The van der Waals surface area contributed by atoms with Crippen LogP contribution in [0.25, 0.3) is 0 Å². The van der Waals surface area contributed by atoms with Crippen molar-refractivity contribution >= 4 is 13.8 Å². The van der Waals surface area contributed by atoms with Crippen molar-refractivity contribution < 1.29 is 37.3 Å². The second kappa shape index (κ2) is 40.5. The molecule has 9 heteroatoms. The summed E-state index contributed by atoms with van der Waals surface area (Å²) in [6.07, 6.45) is 47.3. The molecule has 56 heavy (non-hydrogen) atoms. The van der Waals surface area contributed by atoms with Gasteiger partial charge in [0.2, 0.25) is 0 Å². The number of nitrogens with zero attached hydrogens (tertiary/aromatic N) is 1. The maximum atomic E-state index is 12.7. The molecule has 0 aliphatic rings. The number of phosphoric ester groups is 1. The minimum atomic E-state index is -4.53. The van der Waals surface area contributed by atoms with E-state index in [-0.39, 0.29) is 25.8 Å². The largest absolute Gasteiger partial charge is 0.756 e. The highest BCUT2D eigenvalue weighted by atomic mass is 31.2. The van der Waals surface area contributed by atoms with Crippen LogP contribution in [0, 0.1) is 0 Å². The Labute approximate surface area is 346 Å². The van der Waals surface area contributed by atoms with Crippen LogP contribution < -0.4 is 4.89 Å². The van der Waals surface area contributed by atoms with Crippen LogP contribution in [-0.4, -0.2) is 70.7 Å². The number of quaternary nitrogens is 1. The van der Waals surface area contributed by atoms with Crippen molar-refractivity contribution in [3.05, 3.63) is 36.5 Å². The Hall–Kier alpha value is -1.28. The van der Waals surface area contributed by atoms with Crippen molar-refractivity contribution in [2.75, 3.05) is 54.1 Å². The summed E-state index contributed by atoms with van der Waals surface area (Å²) >= 11 is 0. The molecule has 0 aromatic rings. The van der Waals surface area contributed by atoms with E-state index in [0.717, 1.165) is 51.4 Å². The molecular formula is C47H90NO7P. The number of esters is 1. The van der Waals surface area contributed by atoms with E-state index >= 15 is 0 Å². The third kappa shape index (κ3) is 43.8. The first-order chi connectivity index (χ1) is 27.1. The number of rotatable bonds is 43. The molecule has 0 amide bonds. The monoisotopic (exact) mass is 812 g/mol. The Morgan fingerprint density at radius 3 is 1.50 bits per heavy atom. The molecule has 0 aliphatic heterocycles. The van der Waals surface area contributed by atoms with Crippen LogP contribution in [0.2, 0.25) is 0 Å². The highest BCUT2D eigenvalue weighted by Gasteiger charge is 2.20. The molecule has 0 heterocycles. The van der Waals surface area contributed by atoms with Crippen molar-refractivity contribution in [3.63, 3.8) is 0 Å². The van der Waals surface area contributed by atoms with Gasteiger partial charge in [0.25, 0.3) is 7.82 Å². The molecule has 0 bridgehead atoms. The average Bonchev–Trinajstić information content (AvgIpc) is 3.15. The molecule has 0 spiro atoms. The summed E-state index contributed by atoms with van der Waals surface area (Å²) in [5.74, 6) is -0.345. The maximum Gasteiger partial charge on any atom is 0.306 e. The van der Waals surface area contributed by atoms with Gasteiger partial charge in [0.05, 0.1) is 34.4 Å². The van der Waals surface area contributed by atoms with Crippen LogP contribution in [0.5, 0.6) is 0 Å². The van der Waals surface area contributed by atoms with Gasteiger partial charge < -0.3 is 27.9 Å². The SMILES string of the molecule is CCCCC/C=C\CCCCCCCC(=O)OC(COCCCCCCCCCCCC/C=C\C/C=C\CCCCCCC)COP(=O)([O-])OCC[N+](C)(C)C. The summed E-state index contributed by atoms with van der Waals surface area (Å²) in [6, 6.07) is 0. The van der Waals surface area contributed by atoms with E-state index in [9.17, 15) is 14.3 Å². The van der Waals surface area contributed by atoms with Gasteiger partial charge in [-0.05, 0) is 70.6 Å². The lowest BCUT2D eigenvalue weighted by atomic mass is 10.1. The normalized spacial score (nSPS) is 14.0. The summed E-state index contributed by atoms with van der Waals surface area (Å²) in [6.45, 7) is 5.37. The molecule has 0 aromatic heterocycles. The van der Waals surface area contributed by atoms with E-state index < -0.39 is 13.9 Å². The van der Waals surface area contributed by atoms with Crippen LogP contribution in [0.4, 0.5) is 0 Å². The molecule has 0 aromatic carbocycles. The number of carbonyl (C=O) groups is 1. The number of hydrogen-bond acceptors (Lipinski definition) is 7. The van der Waals surface area contributed by atoms with E-state index in [1.165, 1.54) is 128 Å². The van der Waals surface area contributed by atoms with E-state index in [4.69, 9.17) is 18.5 Å².